The van der Waals surface area contributed by atoms with Crippen LogP contribution in [0.3, 0.4) is 0 Å². The summed E-state index contributed by atoms with van der Waals surface area (Å²) in [4.78, 5) is 0. The molecule has 0 saturated heterocycles. The summed E-state index contributed by atoms with van der Waals surface area (Å²) in [5, 5.41) is 3.71. The predicted octanol–water partition coefficient (Wildman–Crippen LogP) is 4.92. The third-order valence-corrected chi connectivity index (χ3v) is 4.15. The van der Waals surface area contributed by atoms with Gasteiger partial charge in [0.2, 0.25) is 0 Å². The van der Waals surface area contributed by atoms with Crippen LogP contribution in [0.4, 0.5) is 0 Å². The van der Waals surface area contributed by atoms with E-state index in [0.29, 0.717) is 6.04 Å². The molecule has 0 aliphatic carbocycles. The van der Waals surface area contributed by atoms with Gasteiger partial charge in [0.25, 0.3) is 0 Å². The van der Waals surface area contributed by atoms with Gasteiger partial charge in [-0.05, 0) is 39.7 Å². The summed E-state index contributed by atoms with van der Waals surface area (Å²) in [6.45, 7) is 13.0. The van der Waals surface area contributed by atoms with Crippen molar-refractivity contribution in [3.8, 4) is 0 Å². The molecule has 2 atom stereocenters. The molecule has 2 nitrogen and oxygen atoms in total. The van der Waals surface area contributed by atoms with E-state index in [0.717, 1.165) is 19.6 Å². The summed E-state index contributed by atoms with van der Waals surface area (Å²) in [5.74, 6) is 0. The number of hydrogen-bond acceptors (Lipinski definition) is 2. The molecule has 0 bridgehead atoms. The van der Waals surface area contributed by atoms with Gasteiger partial charge in [-0.25, -0.2) is 0 Å². The van der Waals surface area contributed by atoms with Crippen molar-refractivity contribution in [1.29, 1.82) is 0 Å². The molecule has 0 saturated carbocycles. The summed E-state index contributed by atoms with van der Waals surface area (Å²) < 4.78 is 6.05. The van der Waals surface area contributed by atoms with Crippen molar-refractivity contribution in [2.45, 2.75) is 97.6 Å². The molecule has 0 aromatic rings. The number of rotatable bonds is 13. The highest BCUT2D eigenvalue weighted by Crippen LogP contribution is 2.24. The summed E-state index contributed by atoms with van der Waals surface area (Å²) in [7, 11) is 0. The van der Waals surface area contributed by atoms with E-state index in [2.05, 4.69) is 39.9 Å². The topological polar surface area (TPSA) is 21.3 Å². The van der Waals surface area contributed by atoms with Gasteiger partial charge in [-0.2, -0.15) is 0 Å². The second-order valence-electron chi connectivity index (χ2n) is 5.81. The van der Waals surface area contributed by atoms with E-state index in [4.69, 9.17) is 4.74 Å². The maximum Gasteiger partial charge on any atom is 0.0803 e. The molecule has 0 amide bonds. The number of hydrogen-bond donors (Lipinski definition) is 1. The minimum atomic E-state index is -0.00528. The molecular formula is C17H37NO. The standard InChI is InChI=1S/C17H37NO/c1-6-10-11-12-13-14-16(18-15-7-2)17(5,8-3)19-9-4/h16,18H,6-15H2,1-5H3. The van der Waals surface area contributed by atoms with Crippen LogP contribution in [0.2, 0.25) is 0 Å². The monoisotopic (exact) mass is 271 g/mol. The maximum atomic E-state index is 6.05. The van der Waals surface area contributed by atoms with E-state index < -0.39 is 0 Å². The third kappa shape index (κ3) is 7.94. The van der Waals surface area contributed by atoms with Gasteiger partial charge in [-0.3, -0.25) is 0 Å². The summed E-state index contributed by atoms with van der Waals surface area (Å²) in [6.07, 6.45) is 10.3. The summed E-state index contributed by atoms with van der Waals surface area (Å²) >= 11 is 0. The first-order valence-corrected chi connectivity index (χ1v) is 8.51. The highest BCUT2D eigenvalue weighted by molar-refractivity contribution is 4.88. The van der Waals surface area contributed by atoms with Gasteiger partial charge >= 0.3 is 0 Å². The number of ether oxygens (including phenoxy) is 1. The van der Waals surface area contributed by atoms with E-state index in [9.17, 15) is 0 Å². The Morgan fingerprint density at radius 3 is 2.16 bits per heavy atom. The van der Waals surface area contributed by atoms with Crippen molar-refractivity contribution in [2.24, 2.45) is 0 Å². The van der Waals surface area contributed by atoms with Crippen molar-refractivity contribution >= 4 is 0 Å². The van der Waals surface area contributed by atoms with Crippen LogP contribution in [0.5, 0.6) is 0 Å². The quantitative estimate of drug-likeness (QED) is 0.480. The van der Waals surface area contributed by atoms with Gasteiger partial charge in [0.15, 0.2) is 0 Å². The predicted molar refractivity (Wildman–Crippen MR) is 85.8 cm³/mol. The second kappa shape index (κ2) is 11.7. The Balaban J connectivity index is 4.26. The molecule has 0 heterocycles. The molecule has 116 valence electrons. The van der Waals surface area contributed by atoms with Gasteiger partial charge in [-0.15, -0.1) is 0 Å². The Kier molecular flexibility index (Phi) is 11.7. The minimum absolute atomic E-state index is 0.00528. The van der Waals surface area contributed by atoms with Crippen molar-refractivity contribution in [3.63, 3.8) is 0 Å². The average molecular weight is 271 g/mol. The zero-order valence-corrected chi connectivity index (χ0v) is 14.1. The Bertz CT molecular complexity index is 196. The molecule has 0 rings (SSSR count). The molecule has 0 aliphatic rings. The van der Waals surface area contributed by atoms with Crippen LogP contribution >= 0.6 is 0 Å². The second-order valence-corrected chi connectivity index (χ2v) is 5.81. The fourth-order valence-corrected chi connectivity index (χ4v) is 2.67. The van der Waals surface area contributed by atoms with E-state index >= 15 is 0 Å². The summed E-state index contributed by atoms with van der Waals surface area (Å²) in [6, 6.07) is 0.499. The summed E-state index contributed by atoms with van der Waals surface area (Å²) in [5.41, 5.74) is -0.00528. The molecule has 0 aromatic heterocycles. The lowest BCUT2D eigenvalue weighted by atomic mass is 9.88. The lowest BCUT2D eigenvalue weighted by Gasteiger charge is -2.37. The van der Waals surface area contributed by atoms with E-state index in [1.807, 2.05) is 0 Å². The molecule has 0 radical (unpaired) electrons. The van der Waals surface area contributed by atoms with Gasteiger partial charge in [0.05, 0.1) is 5.60 Å². The highest BCUT2D eigenvalue weighted by atomic mass is 16.5. The van der Waals surface area contributed by atoms with Gasteiger partial charge in [-0.1, -0.05) is 52.9 Å². The van der Waals surface area contributed by atoms with Crippen molar-refractivity contribution in [1.82, 2.24) is 5.32 Å². The normalized spacial score (nSPS) is 16.3. The molecule has 1 N–H and O–H groups in total. The van der Waals surface area contributed by atoms with Gasteiger partial charge < -0.3 is 10.1 Å². The SMILES string of the molecule is CCCCCCCC(NCCC)C(C)(CC)OCC. The van der Waals surface area contributed by atoms with E-state index in [1.54, 1.807) is 0 Å². The van der Waals surface area contributed by atoms with Crippen molar-refractivity contribution in [2.75, 3.05) is 13.2 Å². The fraction of sp³-hybridized carbons (Fsp3) is 1.00. The van der Waals surface area contributed by atoms with Gasteiger partial charge in [0.1, 0.15) is 0 Å². The molecule has 19 heavy (non-hydrogen) atoms. The van der Waals surface area contributed by atoms with Crippen molar-refractivity contribution in [3.05, 3.63) is 0 Å². The first-order chi connectivity index (χ1) is 9.14. The first-order valence-electron chi connectivity index (χ1n) is 8.51. The van der Waals surface area contributed by atoms with E-state index in [1.165, 1.54) is 44.9 Å². The van der Waals surface area contributed by atoms with Crippen LogP contribution in [0, 0.1) is 0 Å². The molecule has 0 spiro atoms. The molecule has 2 heteroatoms. The molecule has 0 aliphatic heterocycles. The lowest BCUT2D eigenvalue weighted by Crippen LogP contribution is -2.50. The third-order valence-electron chi connectivity index (χ3n) is 4.15. The smallest absolute Gasteiger partial charge is 0.0803 e. The molecule has 0 fully saturated rings. The van der Waals surface area contributed by atoms with Crippen LogP contribution in [-0.4, -0.2) is 24.8 Å². The molecule has 0 aromatic carbocycles. The van der Waals surface area contributed by atoms with Crippen LogP contribution in [0.25, 0.3) is 0 Å². The maximum absolute atomic E-state index is 6.05. The highest BCUT2D eigenvalue weighted by Gasteiger charge is 2.32. The van der Waals surface area contributed by atoms with Gasteiger partial charge in [0, 0.05) is 12.6 Å². The Morgan fingerprint density at radius 2 is 1.63 bits per heavy atom. The van der Waals surface area contributed by atoms with Crippen LogP contribution < -0.4 is 5.32 Å². The largest absolute Gasteiger partial charge is 0.374 e. The molecular weight excluding hydrogens is 234 g/mol. The number of nitrogens with one attached hydrogen (secondary N) is 1. The first kappa shape index (κ1) is 18.9. The number of unbranched alkanes of at least 4 members (excludes halogenated alkanes) is 4. The van der Waals surface area contributed by atoms with Crippen LogP contribution in [-0.2, 0) is 4.74 Å². The Morgan fingerprint density at radius 1 is 0.947 bits per heavy atom. The molecule has 2 unspecified atom stereocenters. The minimum Gasteiger partial charge on any atom is -0.374 e. The Hall–Kier alpha value is -0.0800. The van der Waals surface area contributed by atoms with Crippen LogP contribution in [0.15, 0.2) is 0 Å². The fourth-order valence-electron chi connectivity index (χ4n) is 2.67. The van der Waals surface area contributed by atoms with Crippen LogP contribution in [0.1, 0.15) is 86.0 Å². The average Bonchev–Trinajstić information content (AvgIpc) is 2.42. The zero-order valence-electron chi connectivity index (χ0n) is 14.1. The lowest BCUT2D eigenvalue weighted by molar-refractivity contribution is -0.0574. The van der Waals surface area contributed by atoms with E-state index in [-0.39, 0.29) is 5.60 Å². The Labute approximate surface area is 121 Å². The van der Waals surface area contributed by atoms with Crippen molar-refractivity contribution < 1.29 is 4.74 Å². The zero-order chi connectivity index (χ0) is 14.6.